The van der Waals surface area contributed by atoms with Gasteiger partial charge in [0.25, 0.3) is 0 Å². The molecule has 0 aliphatic carbocycles. The van der Waals surface area contributed by atoms with Gasteiger partial charge in [0.2, 0.25) is 0 Å². The Hall–Kier alpha value is -0.970. The van der Waals surface area contributed by atoms with Crippen LogP contribution in [0.15, 0.2) is 12.1 Å². The van der Waals surface area contributed by atoms with Crippen LogP contribution in [0, 0.1) is 0 Å². The predicted octanol–water partition coefficient (Wildman–Crippen LogP) is 3.01. The van der Waals surface area contributed by atoms with E-state index in [0.29, 0.717) is 23.1 Å². The second kappa shape index (κ2) is 6.20. The summed E-state index contributed by atoms with van der Waals surface area (Å²) >= 11 is 6.21. The average molecular weight is 300 g/mol. The molecule has 0 radical (unpaired) electrons. The number of halogens is 1. The maximum absolute atomic E-state index is 6.21. The van der Waals surface area contributed by atoms with Crippen LogP contribution in [-0.4, -0.2) is 32.5 Å². The van der Waals surface area contributed by atoms with Crippen LogP contribution < -0.4 is 14.8 Å². The SMILES string of the molecule is COc1cc(CNC2(C)CCOC2C)cc(Cl)c1OC. The summed E-state index contributed by atoms with van der Waals surface area (Å²) in [7, 11) is 3.19. The van der Waals surface area contributed by atoms with E-state index in [2.05, 4.69) is 19.2 Å². The van der Waals surface area contributed by atoms with Crippen LogP contribution in [0.5, 0.6) is 11.5 Å². The van der Waals surface area contributed by atoms with E-state index in [1.54, 1.807) is 14.2 Å². The molecule has 1 aliphatic heterocycles. The van der Waals surface area contributed by atoms with Gasteiger partial charge in [-0.3, -0.25) is 0 Å². The monoisotopic (exact) mass is 299 g/mol. The number of methoxy groups -OCH3 is 2. The van der Waals surface area contributed by atoms with Gasteiger partial charge >= 0.3 is 0 Å². The zero-order valence-corrected chi connectivity index (χ0v) is 13.2. The molecule has 2 atom stereocenters. The van der Waals surface area contributed by atoms with Gasteiger partial charge in [0.05, 0.1) is 25.3 Å². The van der Waals surface area contributed by atoms with Crippen LogP contribution in [0.1, 0.15) is 25.8 Å². The number of ether oxygens (including phenoxy) is 3. The van der Waals surface area contributed by atoms with Crippen molar-refractivity contribution in [3.63, 3.8) is 0 Å². The molecule has 1 aliphatic rings. The van der Waals surface area contributed by atoms with E-state index >= 15 is 0 Å². The molecule has 1 heterocycles. The lowest BCUT2D eigenvalue weighted by Gasteiger charge is -2.29. The highest BCUT2D eigenvalue weighted by Gasteiger charge is 2.36. The molecule has 0 bridgehead atoms. The zero-order chi connectivity index (χ0) is 14.8. The quantitative estimate of drug-likeness (QED) is 0.907. The predicted molar refractivity (Wildman–Crippen MR) is 79.8 cm³/mol. The van der Waals surface area contributed by atoms with E-state index in [0.717, 1.165) is 18.6 Å². The van der Waals surface area contributed by atoms with Gasteiger partial charge in [-0.05, 0) is 38.0 Å². The minimum Gasteiger partial charge on any atom is -0.493 e. The van der Waals surface area contributed by atoms with Gasteiger partial charge in [0.15, 0.2) is 11.5 Å². The molecule has 20 heavy (non-hydrogen) atoms. The third-order valence-corrected chi connectivity index (χ3v) is 4.36. The van der Waals surface area contributed by atoms with Crippen molar-refractivity contribution in [2.24, 2.45) is 0 Å². The Kier molecular flexibility index (Phi) is 4.78. The third kappa shape index (κ3) is 3.03. The molecule has 1 aromatic carbocycles. The van der Waals surface area contributed by atoms with E-state index in [9.17, 15) is 0 Å². The second-order valence-electron chi connectivity index (χ2n) is 5.35. The first-order chi connectivity index (χ1) is 9.50. The smallest absolute Gasteiger partial charge is 0.179 e. The van der Waals surface area contributed by atoms with Crippen LogP contribution in [0.25, 0.3) is 0 Å². The van der Waals surface area contributed by atoms with Crippen LogP contribution in [0.3, 0.4) is 0 Å². The van der Waals surface area contributed by atoms with Gasteiger partial charge in [-0.25, -0.2) is 0 Å². The highest BCUT2D eigenvalue weighted by atomic mass is 35.5. The number of rotatable bonds is 5. The Morgan fingerprint density at radius 1 is 1.40 bits per heavy atom. The second-order valence-corrected chi connectivity index (χ2v) is 5.75. The lowest BCUT2D eigenvalue weighted by atomic mass is 9.94. The highest BCUT2D eigenvalue weighted by molar-refractivity contribution is 6.32. The highest BCUT2D eigenvalue weighted by Crippen LogP contribution is 2.36. The normalized spacial score (nSPS) is 25.8. The van der Waals surface area contributed by atoms with Crippen molar-refractivity contribution in [3.8, 4) is 11.5 Å². The molecule has 1 fully saturated rings. The molecule has 112 valence electrons. The minimum absolute atomic E-state index is 0.000358. The molecule has 1 N–H and O–H groups in total. The summed E-state index contributed by atoms with van der Waals surface area (Å²) in [5.41, 5.74) is 1.06. The maximum atomic E-state index is 6.21. The molecule has 5 heteroatoms. The Morgan fingerprint density at radius 3 is 2.70 bits per heavy atom. The van der Waals surface area contributed by atoms with Gasteiger partial charge in [-0.15, -0.1) is 0 Å². The minimum atomic E-state index is -0.000358. The van der Waals surface area contributed by atoms with Crippen molar-refractivity contribution in [1.29, 1.82) is 0 Å². The molecule has 0 aromatic heterocycles. The molecule has 1 aromatic rings. The van der Waals surface area contributed by atoms with Crippen molar-refractivity contribution < 1.29 is 14.2 Å². The van der Waals surface area contributed by atoms with E-state index in [-0.39, 0.29) is 11.6 Å². The Morgan fingerprint density at radius 2 is 2.15 bits per heavy atom. The summed E-state index contributed by atoms with van der Waals surface area (Å²) in [4.78, 5) is 0. The number of nitrogens with one attached hydrogen (secondary N) is 1. The van der Waals surface area contributed by atoms with Crippen molar-refractivity contribution in [2.75, 3.05) is 20.8 Å². The summed E-state index contributed by atoms with van der Waals surface area (Å²) in [5, 5.41) is 4.12. The fourth-order valence-electron chi connectivity index (χ4n) is 2.44. The van der Waals surface area contributed by atoms with Crippen molar-refractivity contribution >= 4 is 11.6 Å². The molecule has 2 rings (SSSR count). The summed E-state index contributed by atoms with van der Waals surface area (Å²) in [5.74, 6) is 1.22. The van der Waals surface area contributed by atoms with Gasteiger partial charge in [-0.1, -0.05) is 11.6 Å². The molecular formula is C15H22ClNO3. The van der Waals surface area contributed by atoms with Crippen molar-refractivity contribution in [1.82, 2.24) is 5.32 Å². The Bertz CT molecular complexity index is 480. The Labute approximate surface area is 125 Å². The molecule has 2 unspecified atom stereocenters. The summed E-state index contributed by atoms with van der Waals surface area (Å²) in [6.45, 7) is 5.80. The summed E-state index contributed by atoms with van der Waals surface area (Å²) in [6, 6.07) is 3.85. The number of hydrogen-bond acceptors (Lipinski definition) is 4. The van der Waals surface area contributed by atoms with Gasteiger partial charge in [0.1, 0.15) is 0 Å². The number of hydrogen-bond donors (Lipinski definition) is 1. The largest absolute Gasteiger partial charge is 0.493 e. The van der Waals surface area contributed by atoms with Crippen LogP contribution in [0.2, 0.25) is 5.02 Å². The standard InChI is InChI=1S/C15H22ClNO3/c1-10-15(2,5-6-20-10)17-9-11-7-12(16)14(19-4)13(8-11)18-3/h7-8,10,17H,5-6,9H2,1-4H3. The van der Waals surface area contributed by atoms with Gasteiger partial charge < -0.3 is 19.5 Å². The summed E-state index contributed by atoms with van der Waals surface area (Å²) in [6.07, 6.45) is 1.22. The van der Waals surface area contributed by atoms with E-state index < -0.39 is 0 Å². The third-order valence-electron chi connectivity index (χ3n) is 4.08. The lowest BCUT2D eigenvalue weighted by Crippen LogP contribution is -2.47. The zero-order valence-electron chi connectivity index (χ0n) is 12.5. The fourth-order valence-corrected chi connectivity index (χ4v) is 2.75. The first kappa shape index (κ1) is 15.4. The first-order valence-corrected chi connectivity index (χ1v) is 7.15. The topological polar surface area (TPSA) is 39.7 Å². The van der Waals surface area contributed by atoms with Gasteiger partial charge in [-0.2, -0.15) is 0 Å². The van der Waals surface area contributed by atoms with Crippen LogP contribution >= 0.6 is 11.6 Å². The number of benzene rings is 1. The Balaban J connectivity index is 2.12. The maximum Gasteiger partial charge on any atom is 0.179 e. The molecule has 0 spiro atoms. The first-order valence-electron chi connectivity index (χ1n) is 6.77. The molecule has 1 saturated heterocycles. The molecule has 0 amide bonds. The fraction of sp³-hybridized carbons (Fsp3) is 0.600. The van der Waals surface area contributed by atoms with Crippen molar-refractivity contribution in [2.45, 2.75) is 38.5 Å². The van der Waals surface area contributed by atoms with Crippen LogP contribution in [0.4, 0.5) is 0 Å². The van der Waals surface area contributed by atoms with Gasteiger partial charge in [0, 0.05) is 18.7 Å². The van der Waals surface area contributed by atoms with E-state index in [1.165, 1.54) is 0 Å². The van der Waals surface area contributed by atoms with E-state index in [1.807, 2.05) is 12.1 Å². The molecular weight excluding hydrogens is 278 g/mol. The molecule has 4 nitrogen and oxygen atoms in total. The molecule has 0 saturated carbocycles. The lowest BCUT2D eigenvalue weighted by molar-refractivity contribution is 0.0881. The van der Waals surface area contributed by atoms with Crippen molar-refractivity contribution in [3.05, 3.63) is 22.7 Å². The van der Waals surface area contributed by atoms with Crippen LogP contribution in [-0.2, 0) is 11.3 Å². The van der Waals surface area contributed by atoms with E-state index in [4.69, 9.17) is 25.8 Å². The summed E-state index contributed by atoms with van der Waals surface area (Å²) < 4.78 is 16.2. The average Bonchev–Trinajstić information content (AvgIpc) is 2.76.